The van der Waals surface area contributed by atoms with Crippen LogP contribution in [0.4, 0.5) is 0 Å². The van der Waals surface area contributed by atoms with E-state index >= 15 is 0 Å². The molecule has 0 unspecified atom stereocenters. The summed E-state index contributed by atoms with van der Waals surface area (Å²) in [4.78, 5) is 14.6. The maximum absolute atomic E-state index is 5.23. The van der Waals surface area contributed by atoms with Crippen molar-refractivity contribution in [2.24, 2.45) is 0 Å². The zero-order valence-corrected chi connectivity index (χ0v) is 29.9. The molecule has 0 aliphatic heterocycles. The lowest BCUT2D eigenvalue weighted by Gasteiger charge is -2.30. The lowest BCUT2D eigenvalue weighted by atomic mass is 9.70. The van der Waals surface area contributed by atoms with Crippen molar-refractivity contribution in [2.75, 3.05) is 0 Å². The predicted octanol–water partition coefficient (Wildman–Crippen LogP) is 12.6. The summed E-state index contributed by atoms with van der Waals surface area (Å²) in [5.41, 5.74) is 19.6. The topological polar surface area (TPSA) is 38.7 Å². The second kappa shape index (κ2) is 12.4. The summed E-state index contributed by atoms with van der Waals surface area (Å²) in [6.45, 7) is 0. The Hall–Kier alpha value is -7.23. The van der Waals surface area contributed by atoms with Crippen LogP contribution in [-0.2, 0) is 5.41 Å². The average Bonchev–Trinajstić information content (AvgIpc) is 3.75. The molecule has 11 rings (SSSR count). The van der Waals surface area contributed by atoms with E-state index in [-0.39, 0.29) is 5.41 Å². The van der Waals surface area contributed by atoms with Gasteiger partial charge < -0.3 is 0 Å². The lowest BCUT2D eigenvalue weighted by molar-refractivity contribution is 0.794. The minimum Gasteiger partial charge on any atom is -0.265 e. The lowest BCUT2D eigenvalue weighted by Crippen LogP contribution is -2.25. The summed E-state index contributed by atoms with van der Waals surface area (Å²) in [6, 6.07) is 67.7. The van der Waals surface area contributed by atoms with Crippen molar-refractivity contribution in [1.29, 1.82) is 0 Å². The Labute approximate surface area is 320 Å². The molecule has 55 heavy (non-hydrogen) atoms. The van der Waals surface area contributed by atoms with Gasteiger partial charge in [-0.3, -0.25) is 4.98 Å². The van der Waals surface area contributed by atoms with Crippen molar-refractivity contribution < 1.29 is 0 Å². The molecule has 9 aromatic rings. The average molecular weight is 700 g/mol. The molecule has 7 aromatic carbocycles. The van der Waals surface area contributed by atoms with E-state index in [1.165, 1.54) is 55.6 Å². The van der Waals surface area contributed by atoms with Gasteiger partial charge in [-0.1, -0.05) is 164 Å². The van der Waals surface area contributed by atoms with Crippen molar-refractivity contribution in [2.45, 2.75) is 5.41 Å². The van der Waals surface area contributed by atoms with Crippen LogP contribution in [0.15, 0.2) is 200 Å². The molecule has 3 heteroatoms. The first-order valence-corrected chi connectivity index (χ1v) is 18.8. The standard InChI is InChI=1S/C52H33N3/c1-2-12-34(13-3-1)35-24-26-37(27-25-35)51-54-48(36-28-30-53-31-29-36)33-49(55-51)39-15-10-14-38(32-39)40-19-11-23-47-50(40)43-18-6-9-22-46(43)52(47)44-20-7-4-16-41(44)42-17-5-8-21-45(42)52/h1-33H. The van der Waals surface area contributed by atoms with E-state index in [0.29, 0.717) is 5.82 Å². The van der Waals surface area contributed by atoms with Crippen molar-refractivity contribution in [1.82, 2.24) is 15.0 Å². The van der Waals surface area contributed by atoms with Gasteiger partial charge in [0.05, 0.1) is 16.8 Å². The smallest absolute Gasteiger partial charge is 0.160 e. The number of hydrogen-bond acceptors (Lipinski definition) is 3. The molecule has 0 fully saturated rings. The molecule has 3 nitrogen and oxygen atoms in total. The maximum Gasteiger partial charge on any atom is 0.160 e. The van der Waals surface area contributed by atoms with Gasteiger partial charge in [0.1, 0.15) is 0 Å². The number of hydrogen-bond donors (Lipinski definition) is 0. The highest BCUT2D eigenvalue weighted by Crippen LogP contribution is 2.63. The second-order valence-corrected chi connectivity index (χ2v) is 14.3. The zero-order chi connectivity index (χ0) is 36.3. The number of pyridine rings is 1. The number of benzene rings is 7. The number of aromatic nitrogens is 3. The fraction of sp³-hybridized carbons (Fsp3) is 0.0192. The van der Waals surface area contributed by atoms with E-state index in [0.717, 1.165) is 39.2 Å². The highest BCUT2D eigenvalue weighted by atomic mass is 14.9. The molecule has 1 spiro atoms. The molecule has 2 aromatic heterocycles. The molecule has 0 N–H and O–H groups in total. The van der Waals surface area contributed by atoms with Crippen molar-refractivity contribution in [3.63, 3.8) is 0 Å². The molecule has 2 aliphatic rings. The Balaban J connectivity index is 1.07. The Morgan fingerprint density at radius 1 is 0.309 bits per heavy atom. The first kappa shape index (κ1) is 31.3. The summed E-state index contributed by atoms with van der Waals surface area (Å²) >= 11 is 0. The summed E-state index contributed by atoms with van der Waals surface area (Å²) in [5.74, 6) is 0.685. The molecule has 0 amide bonds. The Morgan fingerprint density at radius 3 is 1.51 bits per heavy atom. The van der Waals surface area contributed by atoms with Crippen LogP contribution in [0, 0.1) is 0 Å². The molecule has 0 saturated heterocycles. The molecule has 2 aliphatic carbocycles. The predicted molar refractivity (Wildman–Crippen MR) is 223 cm³/mol. The summed E-state index contributed by atoms with van der Waals surface area (Å²) in [5, 5.41) is 0. The minimum absolute atomic E-state index is 0.385. The van der Waals surface area contributed by atoms with Crippen molar-refractivity contribution in [3.8, 4) is 78.4 Å². The van der Waals surface area contributed by atoms with E-state index in [1.54, 1.807) is 0 Å². The van der Waals surface area contributed by atoms with E-state index in [1.807, 2.05) is 30.6 Å². The highest BCUT2D eigenvalue weighted by molar-refractivity contribution is 6.00. The number of fused-ring (bicyclic) bond motifs is 10. The van der Waals surface area contributed by atoms with Crippen LogP contribution < -0.4 is 0 Å². The molecule has 2 heterocycles. The zero-order valence-electron chi connectivity index (χ0n) is 29.9. The fourth-order valence-electron chi connectivity index (χ4n) is 9.07. The summed E-state index contributed by atoms with van der Waals surface area (Å²) in [7, 11) is 0. The molecule has 0 bridgehead atoms. The third-order valence-corrected chi connectivity index (χ3v) is 11.4. The van der Waals surface area contributed by atoms with Gasteiger partial charge in [0, 0.05) is 29.1 Å². The monoisotopic (exact) mass is 699 g/mol. The van der Waals surface area contributed by atoms with Gasteiger partial charge in [-0.15, -0.1) is 0 Å². The SMILES string of the molecule is c1ccc(-c2ccc(-c3nc(-c4ccncc4)cc(-c4cccc(-c5cccc6c5-c5ccccc5C65c6ccccc6-c6ccccc65)c4)n3)cc2)cc1. The molecule has 256 valence electrons. The van der Waals surface area contributed by atoms with Crippen molar-refractivity contribution in [3.05, 3.63) is 223 Å². The molecule has 0 atom stereocenters. The summed E-state index contributed by atoms with van der Waals surface area (Å²) in [6.07, 6.45) is 3.63. The number of nitrogens with zero attached hydrogens (tertiary/aromatic N) is 3. The molecular formula is C52H33N3. The number of rotatable bonds is 5. The molecule has 0 saturated carbocycles. The quantitative estimate of drug-likeness (QED) is 0.179. The van der Waals surface area contributed by atoms with Crippen LogP contribution in [0.2, 0.25) is 0 Å². The minimum atomic E-state index is -0.385. The van der Waals surface area contributed by atoms with Gasteiger partial charge in [0.25, 0.3) is 0 Å². The van der Waals surface area contributed by atoms with Gasteiger partial charge in [-0.2, -0.15) is 0 Å². The maximum atomic E-state index is 5.23. The Morgan fingerprint density at radius 2 is 0.800 bits per heavy atom. The van der Waals surface area contributed by atoms with E-state index < -0.39 is 0 Å². The first-order chi connectivity index (χ1) is 27.3. The van der Waals surface area contributed by atoms with Crippen LogP contribution in [0.3, 0.4) is 0 Å². The van der Waals surface area contributed by atoms with Crippen LogP contribution in [-0.4, -0.2) is 15.0 Å². The highest BCUT2D eigenvalue weighted by Gasteiger charge is 2.51. The third kappa shape index (κ3) is 4.80. The van der Waals surface area contributed by atoms with Crippen LogP contribution in [0.25, 0.3) is 78.4 Å². The second-order valence-electron chi connectivity index (χ2n) is 14.3. The van der Waals surface area contributed by atoms with Crippen molar-refractivity contribution >= 4 is 0 Å². The molecule has 0 radical (unpaired) electrons. The van der Waals surface area contributed by atoms with Crippen LogP contribution in [0.1, 0.15) is 22.3 Å². The van der Waals surface area contributed by atoms with Gasteiger partial charge in [0.15, 0.2) is 5.82 Å². The van der Waals surface area contributed by atoms with E-state index in [4.69, 9.17) is 9.97 Å². The van der Waals surface area contributed by atoms with Gasteiger partial charge in [0.2, 0.25) is 0 Å². The molecular weight excluding hydrogens is 667 g/mol. The van der Waals surface area contributed by atoms with Crippen LogP contribution >= 0.6 is 0 Å². The van der Waals surface area contributed by atoms with Gasteiger partial charge in [-0.25, -0.2) is 9.97 Å². The fourth-order valence-corrected chi connectivity index (χ4v) is 9.07. The van der Waals surface area contributed by atoms with E-state index in [2.05, 4.69) is 175 Å². The summed E-state index contributed by atoms with van der Waals surface area (Å²) < 4.78 is 0. The van der Waals surface area contributed by atoms with E-state index in [9.17, 15) is 0 Å². The van der Waals surface area contributed by atoms with Gasteiger partial charge >= 0.3 is 0 Å². The largest absolute Gasteiger partial charge is 0.265 e. The normalized spacial score (nSPS) is 12.9. The van der Waals surface area contributed by atoms with Crippen LogP contribution in [0.5, 0.6) is 0 Å². The first-order valence-electron chi connectivity index (χ1n) is 18.8. The Kier molecular flexibility index (Phi) is 7.08. The Bertz CT molecular complexity index is 2870. The third-order valence-electron chi connectivity index (χ3n) is 11.4. The van der Waals surface area contributed by atoms with Gasteiger partial charge in [-0.05, 0) is 91.0 Å².